The first-order chi connectivity index (χ1) is 12.7. The van der Waals surface area contributed by atoms with Crippen molar-refractivity contribution in [3.8, 4) is 5.75 Å². The zero-order valence-corrected chi connectivity index (χ0v) is 13.7. The molecule has 0 amide bonds. The minimum absolute atomic E-state index is 0.0193. The van der Waals surface area contributed by atoms with E-state index in [0.29, 0.717) is 0 Å². The van der Waals surface area contributed by atoms with Crippen molar-refractivity contribution in [1.82, 2.24) is 0 Å². The van der Waals surface area contributed by atoms with Crippen LogP contribution in [0.1, 0.15) is 10.4 Å². The van der Waals surface area contributed by atoms with Crippen LogP contribution in [0.25, 0.3) is 11.0 Å². The number of alkyl halides is 3. The lowest BCUT2D eigenvalue weighted by atomic mass is 10.1. The fourth-order valence-electron chi connectivity index (χ4n) is 2.46. The molecule has 0 aliphatic heterocycles. The van der Waals surface area contributed by atoms with Crippen molar-refractivity contribution in [3.63, 3.8) is 0 Å². The number of rotatable bonds is 4. The van der Waals surface area contributed by atoms with Crippen molar-refractivity contribution < 1.29 is 31.5 Å². The summed E-state index contributed by atoms with van der Waals surface area (Å²) >= 11 is 0. The summed E-state index contributed by atoms with van der Waals surface area (Å²) in [4.78, 5) is 24.0. The van der Waals surface area contributed by atoms with Gasteiger partial charge in [-0.15, -0.1) is 0 Å². The molecule has 0 aliphatic carbocycles. The van der Waals surface area contributed by atoms with E-state index in [0.717, 1.165) is 12.1 Å². The van der Waals surface area contributed by atoms with E-state index >= 15 is 0 Å². The van der Waals surface area contributed by atoms with E-state index in [1.807, 2.05) is 0 Å². The Balaban J connectivity index is 2.31. The monoisotopic (exact) mass is 381 g/mol. The van der Waals surface area contributed by atoms with Gasteiger partial charge in [0.1, 0.15) is 22.7 Å². The number of hydrogen-bond acceptors (Lipinski definition) is 5. The lowest BCUT2D eigenvalue weighted by molar-refractivity contribution is -0.0886. The molecule has 0 unspecified atom stereocenters. The number of halogens is 4. The van der Waals surface area contributed by atoms with Gasteiger partial charge in [0.25, 0.3) is 5.78 Å². The predicted octanol–water partition coefficient (Wildman–Crippen LogP) is 4.43. The fourth-order valence-corrected chi connectivity index (χ4v) is 2.46. The van der Waals surface area contributed by atoms with Crippen molar-refractivity contribution in [2.75, 3.05) is 12.4 Å². The average Bonchev–Trinajstić information content (AvgIpc) is 2.62. The van der Waals surface area contributed by atoms with Gasteiger partial charge in [-0.1, -0.05) is 0 Å². The molecular formula is C18H11F4NO4. The number of benzene rings is 2. The smallest absolute Gasteiger partial charge is 0.455 e. The van der Waals surface area contributed by atoms with Gasteiger partial charge in [0, 0.05) is 11.1 Å². The molecule has 1 aromatic heterocycles. The van der Waals surface area contributed by atoms with Crippen LogP contribution in [-0.4, -0.2) is 19.1 Å². The molecule has 0 fully saturated rings. The second kappa shape index (κ2) is 6.75. The molecule has 1 heterocycles. The van der Waals surface area contributed by atoms with E-state index in [4.69, 9.17) is 9.15 Å². The van der Waals surface area contributed by atoms with Crippen molar-refractivity contribution >= 4 is 28.1 Å². The Bertz CT molecular complexity index is 1070. The van der Waals surface area contributed by atoms with Crippen molar-refractivity contribution in [2.24, 2.45) is 0 Å². The first-order valence-electron chi connectivity index (χ1n) is 7.49. The summed E-state index contributed by atoms with van der Waals surface area (Å²) in [6.45, 7) is 0. The SMILES string of the molecule is COc1ccc2oc(=O)c(C(=O)C(F)(F)F)c(Nc3ccc(F)cc3)c2c1. The number of ketones is 1. The molecule has 2 aromatic carbocycles. The molecule has 0 saturated heterocycles. The normalized spacial score (nSPS) is 11.4. The highest BCUT2D eigenvalue weighted by Crippen LogP contribution is 2.34. The van der Waals surface area contributed by atoms with E-state index in [1.54, 1.807) is 0 Å². The number of carbonyl (C=O) groups is 1. The van der Waals surface area contributed by atoms with Gasteiger partial charge in [0.2, 0.25) is 0 Å². The van der Waals surface area contributed by atoms with E-state index < -0.39 is 34.7 Å². The predicted molar refractivity (Wildman–Crippen MR) is 89.1 cm³/mol. The minimum Gasteiger partial charge on any atom is -0.497 e. The standard InChI is InChI=1S/C18H11F4NO4/c1-26-11-6-7-13-12(8-11)15(23-10-4-2-9(19)3-5-10)14(17(25)27-13)16(24)18(20,21)22/h2-8,23H,1H3. The third kappa shape index (κ3) is 3.62. The molecule has 0 bridgehead atoms. The largest absolute Gasteiger partial charge is 0.497 e. The number of Topliss-reactive ketones (excluding diaryl/α,β-unsaturated/α-hetero) is 1. The maximum absolute atomic E-state index is 13.1. The zero-order valence-electron chi connectivity index (χ0n) is 13.7. The molecule has 0 radical (unpaired) electrons. The molecule has 0 spiro atoms. The van der Waals surface area contributed by atoms with E-state index in [2.05, 4.69) is 5.32 Å². The Morgan fingerprint density at radius 3 is 2.37 bits per heavy atom. The van der Waals surface area contributed by atoms with E-state index in [1.165, 1.54) is 37.4 Å². The Hall–Kier alpha value is -3.36. The van der Waals surface area contributed by atoms with Gasteiger partial charge in [-0.3, -0.25) is 4.79 Å². The maximum Gasteiger partial charge on any atom is 0.455 e. The van der Waals surface area contributed by atoms with Crippen LogP contribution in [0.4, 0.5) is 28.9 Å². The van der Waals surface area contributed by atoms with Crippen LogP contribution >= 0.6 is 0 Å². The Morgan fingerprint density at radius 2 is 1.78 bits per heavy atom. The molecule has 0 saturated carbocycles. The number of nitrogens with one attached hydrogen (secondary N) is 1. The summed E-state index contributed by atoms with van der Waals surface area (Å²) < 4.78 is 62.0. The third-order valence-corrected chi connectivity index (χ3v) is 3.71. The first kappa shape index (κ1) is 18.4. The van der Waals surface area contributed by atoms with Gasteiger partial charge >= 0.3 is 11.8 Å². The fraction of sp³-hybridized carbons (Fsp3) is 0.111. The minimum atomic E-state index is -5.29. The van der Waals surface area contributed by atoms with Gasteiger partial charge < -0.3 is 14.5 Å². The molecule has 3 aromatic rings. The number of hydrogen-bond donors (Lipinski definition) is 1. The summed E-state index contributed by atoms with van der Waals surface area (Å²) in [6.07, 6.45) is -5.29. The number of carbonyl (C=O) groups excluding carboxylic acids is 1. The van der Waals surface area contributed by atoms with Crippen LogP contribution in [0.2, 0.25) is 0 Å². The van der Waals surface area contributed by atoms with Gasteiger partial charge in [0.05, 0.1) is 12.8 Å². The molecule has 5 nitrogen and oxygen atoms in total. The van der Waals surface area contributed by atoms with Crippen LogP contribution in [-0.2, 0) is 0 Å². The number of anilines is 2. The number of fused-ring (bicyclic) bond motifs is 1. The second-order valence-electron chi connectivity index (χ2n) is 5.46. The van der Waals surface area contributed by atoms with Gasteiger partial charge in [-0.2, -0.15) is 13.2 Å². The summed E-state index contributed by atoms with van der Waals surface area (Å²) in [5, 5.41) is 2.60. The number of methoxy groups -OCH3 is 1. The van der Waals surface area contributed by atoms with Crippen LogP contribution in [0.15, 0.2) is 51.7 Å². The maximum atomic E-state index is 13.1. The van der Waals surface area contributed by atoms with Gasteiger partial charge in [0.15, 0.2) is 0 Å². The molecule has 0 atom stereocenters. The van der Waals surface area contributed by atoms with Gasteiger partial charge in [-0.25, -0.2) is 9.18 Å². The molecule has 140 valence electrons. The quantitative estimate of drug-likeness (QED) is 0.411. The third-order valence-electron chi connectivity index (χ3n) is 3.71. The molecule has 1 N–H and O–H groups in total. The molecule has 0 aliphatic rings. The highest BCUT2D eigenvalue weighted by Gasteiger charge is 2.43. The Morgan fingerprint density at radius 1 is 1.11 bits per heavy atom. The zero-order chi connectivity index (χ0) is 19.8. The highest BCUT2D eigenvalue weighted by molar-refractivity contribution is 6.10. The summed E-state index contributed by atoms with van der Waals surface area (Å²) in [5.74, 6) is -2.65. The Kier molecular flexibility index (Phi) is 4.61. The van der Waals surface area contributed by atoms with Crippen LogP contribution < -0.4 is 15.7 Å². The summed E-state index contributed by atoms with van der Waals surface area (Å²) in [7, 11) is 1.34. The molecule has 3 rings (SSSR count). The van der Waals surface area contributed by atoms with E-state index in [-0.39, 0.29) is 22.4 Å². The molecule has 27 heavy (non-hydrogen) atoms. The van der Waals surface area contributed by atoms with Crippen LogP contribution in [0.5, 0.6) is 5.75 Å². The van der Waals surface area contributed by atoms with Gasteiger partial charge in [-0.05, 0) is 42.5 Å². The van der Waals surface area contributed by atoms with Crippen LogP contribution in [0, 0.1) is 5.82 Å². The second-order valence-corrected chi connectivity index (χ2v) is 5.46. The molecular weight excluding hydrogens is 370 g/mol. The van der Waals surface area contributed by atoms with Crippen molar-refractivity contribution in [3.05, 3.63) is 64.3 Å². The number of ether oxygens (including phenoxy) is 1. The molecule has 9 heteroatoms. The topological polar surface area (TPSA) is 68.5 Å². The van der Waals surface area contributed by atoms with Crippen molar-refractivity contribution in [2.45, 2.75) is 6.18 Å². The average molecular weight is 381 g/mol. The highest BCUT2D eigenvalue weighted by atomic mass is 19.4. The van der Waals surface area contributed by atoms with E-state index in [9.17, 15) is 27.2 Å². The Labute approximate surface area is 149 Å². The summed E-state index contributed by atoms with van der Waals surface area (Å²) in [6, 6.07) is 8.72. The van der Waals surface area contributed by atoms with Crippen LogP contribution in [0.3, 0.4) is 0 Å². The lowest BCUT2D eigenvalue weighted by Gasteiger charge is -2.15. The van der Waals surface area contributed by atoms with Crippen molar-refractivity contribution in [1.29, 1.82) is 0 Å². The lowest BCUT2D eigenvalue weighted by Crippen LogP contribution is -2.29. The first-order valence-corrected chi connectivity index (χ1v) is 7.49. The summed E-state index contributed by atoms with van der Waals surface area (Å²) in [5.41, 5.74) is -2.94.